The van der Waals surface area contributed by atoms with E-state index in [0.29, 0.717) is 0 Å². The minimum atomic E-state index is -0.377. The number of amides is 1. The highest BCUT2D eigenvalue weighted by molar-refractivity contribution is 5.82. The molecule has 1 fully saturated rings. The number of carbonyl (C=O) groups is 1. The van der Waals surface area contributed by atoms with Crippen LogP contribution < -0.4 is 0 Å². The van der Waals surface area contributed by atoms with Gasteiger partial charge in [-0.3, -0.25) is 9.69 Å². The first-order chi connectivity index (χ1) is 6.88. The zero-order valence-electron chi connectivity index (χ0n) is 10.2. The maximum absolute atomic E-state index is 12.0. The third-order valence-corrected chi connectivity index (χ3v) is 2.96. The maximum atomic E-state index is 12.0. The number of rotatable bonds is 1. The molecule has 0 aromatic heterocycles. The molecule has 1 rings (SSSR count). The van der Waals surface area contributed by atoms with Crippen LogP contribution in [0.4, 0.5) is 0 Å². The van der Waals surface area contributed by atoms with Gasteiger partial charge in [0.2, 0.25) is 5.91 Å². The van der Waals surface area contributed by atoms with Crippen LogP contribution in [-0.4, -0.2) is 59.1 Å². The first-order valence-corrected chi connectivity index (χ1v) is 5.50. The Balaban J connectivity index is 2.90. The van der Waals surface area contributed by atoms with Crippen molar-refractivity contribution in [1.29, 1.82) is 0 Å². The molecule has 0 aliphatic carbocycles. The summed E-state index contributed by atoms with van der Waals surface area (Å²) < 4.78 is 0. The third kappa shape index (κ3) is 2.69. The lowest BCUT2D eigenvalue weighted by molar-refractivity contribution is -0.137. The second-order valence-corrected chi connectivity index (χ2v) is 5.18. The van der Waals surface area contributed by atoms with Crippen LogP contribution >= 0.6 is 0 Å². The van der Waals surface area contributed by atoms with Gasteiger partial charge in [0.1, 0.15) is 6.04 Å². The molecule has 1 amide bonds. The molecule has 1 aliphatic rings. The molecule has 0 aromatic rings. The quantitative estimate of drug-likeness (QED) is 0.683. The maximum Gasteiger partial charge on any atom is 0.242 e. The molecular formula is C11H22N2O2. The largest absolute Gasteiger partial charge is 0.394 e. The van der Waals surface area contributed by atoms with Crippen molar-refractivity contribution < 1.29 is 9.90 Å². The van der Waals surface area contributed by atoms with Crippen molar-refractivity contribution in [1.82, 2.24) is 9.80 Å². The Hall–Kier alpha value is -0.610. The molecule has 0 radical (unpaired) electrons. The van der Waals surface area contributed by atoms with Crippen LogP contribution in [0.5, 0.6) is 0 Å². The smallest absolute Gasteiger partial charge is 0.242 e. The van der Waals surface area contributed by atoms with E-state index in [1.165, 1.54) is 0 Å². The summed E-state index contributed by atoms with van der Waals surface area (Å²) in [6.45, 7) is 7.78. The molecule has 1 N–H and O–H groups in total. The third-order valence-electron chi connectivity index (χ3n) is 2.96. The van der Waals surface area contributed by atoms with Crippen LogP contribution in [0.3, 0.4) is 0 Å². The minimum absolute atomic E-state index is 0.0323. The average Bonchev–Trinajstić information content (AvgIpc) is 2.26. The lowest BCUT2D eigenvalue weighted by Crippen LogP contribution is -2.54. The van der Waals surface area contributed by atoms with Crippen LogP contribution in [-0.2, 0) is 4.79 Å². The summed E-state index contributed by atoms with van der Waals surface area (Å²) in [6.07, 6.45) is 0.968. The van der Waals surface area contributed by atoms with Crippen molar-refractivity contribution in [2.75, 3.05) is 26.7 Å². The number of aliphatic hydroxyl groups excluding tert-OH is 1. The molecule has 0 saturated carbocycles. The van der Waals surface area contributed by atoms with Crippen molar-refractivity contribution in [2.45, 2.75) is 38.8 Å². The molecule has 1 aliphatic heterocycles. The van der Waals surface area contributed by atoms with E-state index in [4.69, 9.17) is 0 Å². The molecule has 0 aromatic carbocycles. The van der Waals surface area contributed by atoms with Gasteiger partial charge in [-0.1, -0.05) is 0 Å². The van der Waals surface area contributed by atoms with E-state index >= 15 is 0 Å². The Kier molecular flexibility index (Phi) is 3.73. The molecule has 4 nitrogen and oxygen atoms in total. The van der Waals surface area contributed by atoms with Crippen LogP contribution in [0.25, 0.3) is 0 Å². The van der Waals surface area contributed by atoms with Gasteiger partial charge in [0.15, 0.2) is 0 Å². The highest BCUT2D eigenvalue weighted by Crippen LogP contribution is 2.21. The molecule has 15 heavy (non-hydrogen) atoms. The number of likely N-dealkylation sites (N-methyl/N-ethyl adjacent to an activating group) is 1. The molecule has 88 valence electrons. The fourth-order valence-electron chi connectivity index (χ4n) is 2.11. The fraction of sp³-hybridized carbons (Fsp3) is 0.909. The monoisotopic (exact) mass is 214 g/mol. The fourth-order valence-corrected chi connectivity index (χ4v) is 2.11. The van der Waals surface area contributed by atoms with Crippen molar-refractivity contribution in [2.24, 2.45) is 0 Å². The van der Waals surface area contributed by atoms with Gasteiger partial charge in [-0.05, 0) is 27.2 Å². The van der Waals surface area contributed by atoms with E-state index in [-0.39, 0.29) is 24.1 Å². The van der Waals surface area contributed by atoms with Gasteiger partial charge in [0, 0.05) is 25.7 Å². The lowest BCUT2D eigenvalue weighted by Gasteiger charge is -2.39. The van der Waals surface area contributed by atoms with E-state index < -0.39 is 0 Å². The summed E-state index contributed by atoms with van der Waals surface area (Å²) in [4.78, 5) is 15.8. The van der Waals surface area contributed by atoms with Crippen molar-refractivity contribution >= 4 is 5.91 Å². The van der Waals surface area contributed by atoms with Gasteiger partial charge in [0.05, 0.1) is 6.61 Å². The summed E-state index contributed by atoms with van der Waals surface area (Å²) in [7, 11) is 1.80. The molecule has 1 atom stereocenters. The predicted octanol–water partition coefficient (Wildman–Crippen LogP) is 0.310. The lowest BCUT2D eigenvalue weighted by atomic mass is 10.0. The standard InChI is InChI=1S/C11H22N2O2/c1-11(2,3)13-7-5-6-12(4)10(15)9(13)8-14/h9,14H,5-8H2,1-4H3. The number of hydrogen-bond donors (Lipinski definition) is 1. The highest BCUT2D eigenvalue weighted by Gasteiger charge is 2.36. The first kappa shape index (κ1) is 12.5. The topological polar surface area (TPSA) is 43.8 Å². The Morgan fingerprint density at radius 2 is 2.00 bits per heavy atom. The summed E-state index contributed by atoms with van der Waals surface area (Å²) in [6, 6.07) is -0.377. The molecule has 1 saturated heterocycles. The van der Waals surface area contributed by atoms with E-state index in [1.807, 2.05) is 0 Å². The molecule has 0 bridgehead atoms. The Labute approximate surface area is 91.9 Å². The molecule has 1 unspecified atom stereocenters. The Bertz CT molecular complexity index is 235. The first-order valence-electron chi connectivity index (χ1n) is 5.50. The van der Waals surface area contributed by atoms with Gasteiger partial charge < -0.3 is 10.0 Å². The van der Waals surface area contributed by atoms with Crippen LogP contribution in [0.2, 0.25) is 0 Å². The van der Waals surface area contributed by atoms with Gasteiger partial charge in [-0.15, -0.1) is 0 Å². The molecule has 1 heterocycles. The summed E-state index contributed by atoms with van der Waals surface area (Å²) >= 11 is 0. The van der Waals surface area contributed by atoms with Crippen LogP contribution in [0.1, 0.15) is 27.2 Å². The second kappa shape index (κ2) is 4.49. The van der Waals surface area contributed by atoms with E-state index in [0.717, 1.165) is 19.5 Å². The van der Waals surface area contributed by atoms with Crippen LogP contribution in [0.15, 0.2) is 0 Å². The zero-order valence-corrected chi connectivity index (χ0v) is 10.2. The SMILES string of the molecule is CN1CCCN(C(C)(C)C)C(CO)C1=O. The van der Waals surface area contributed by atoms with Crippen LogP contribution in [0, 0.1) is 0 Å². The van der Waals surface area contributed by atoms with E-state index in [9.17, 15) is 9.90 Å². The number of hydrogen-bond acceptors (Lipinski definition) is 3. The molecule has 4 heteroatoms. The zero-order chi connectivity index (χ0) is 11.6. The summed E-state index contributed by atoms with van der Waals surface area (Å²) in [5, 5.41) is 9.35. The van der Waals surface area contributed by atoms with Gasteiger partial charge in [0.25, 0.3) is 0 Å². The van der Waals surface area contributed by atoms with Gasteiger partial charge >= 0.3 is 0 Å². The molecular weight excluding hydrogens is 192 g/mol. The van der Waals surface area contributed by atoms with Gasteiger partial charge in [-0.25, -0.2) is 0 Å². The Morgan fingerprint density at radius 3 is 2.47 bits per heavy atom. The van der Waals surface area contributed by atoms with Crippen molar-refractivity contribution in [3.63, 3.8) is 0 Å². The number of aliphatic hydroxyl groups is 1. The normalized spacial score (nSPS) is 25.5. The molecule has 0 spiro atoms. The predicted molar refractivity (Wildman–Crippen MR) is 59.6 cm³/mol. The average molecular weight is 214 g/mol. The van der Waals surface area contributed by atoms with E-state index in [1.54, 1.807) is 11.9 Å². The minimum Gasteiger partial charge on any atom is -0.394 e. The van der Waals surface area contributed by atoms with Crippen molar-refractivity contribution in [3.8, 4) is 0 Å². The van der Waals surface area contributed by atoms with Crippen molar-refractivity contribution in [3.05, 3.63) is 0 Å². The van der Waals surface area contributed by atoms with Gasteiger partial charge in [-0.2, -0.15) is 0 Å². The summed E-state index contributed by atoms with van der Waals surface area (Å²) in [5.41, 5.74) is -0.0752. The second-order valence-electron chi connectivity index (χ2n) is 5.18. The summed E-state index contributed by atoms with van der Waals surface area (Å²) in [5.74, 6) is 0.0323. The number of nitrogens with zero attached hydrogens (tertiary/aromatic N) is 2. The Morgan fingerprint density at radius 1 is 1.40 bits per heavy atom. The van der Waals surface area contributed by atoms with E-state index in [2.05, 4.69) is 25.7 Å². The number of carbonyl (C=O) groups excluding carboxylic acids is 1. The highest BCUT2D eigenvalue weighted by atomic mass is 16.3.